The summed E-state index contributed by atoms with van der Waals surface area (Å²) < 4.78 is 48.3. The first kappa shape index (κ1) is 23.4. The van der Waals surface area contributed by atoms with E-state index >= 15 is 0 Å². The number of aromatic nitrogens is 1. The number of benzene rings is 1. The van der Waals surface area contributed by atoms with E-state index in [2.05, 4.69) is 10.3 Å². The van der Waals surface area contributed by atoms with Gasteiger partial charge in [-0.15, -0.1) is 0 Å². The molecule has 0 unspecified atom stereocenters. The van der Waals surface area contributed by atoms with Crippen molar-refractivity contribution in [3.8, 4) is 11.6 Å². The highest BCUT2D eigenvalue weighted by atomic mass is 35.5. The molecule has 0 bridgehead atoms. The van der Waals surface area contributed by atoms with Crippen LogP contribution in [0.2, 0.25) is 5.02 Å². The van der Waals surface area contributed by atoms with Crippen molar-refractivity contribution in [2.24, 2.45) is 0 Å². The Bertz CT molecular complexity index is 1060. The fraction of sp³-hybridized carbons (Fsp3) is 0.250. The Kier molecular flexibility index (Phi) is 6.90. The number of methoxy groups -OCH3 is 1. The van der Waals surface area contributed by atoms with Crippen LogP contribution in [0.25, 0.3) is 0 Å². The van der Waals surface area contributed by atoms with Crippen LogP contribution >= 0.6 is 11.6 Å². The monoisotopic (exact) mass is 471 g/mol. The van der Waals surface area contributed by atoms with Crippen molar-refractivity contribution in [2.75, 3.05) is 32.1 Å². The third-order valence-electron chi connectivity index (χ3n) is 4.43. The number of rotatable bonds is 7. The van der Waals surface area contributed by atoms with E-state index in [-0.39, 0.29) is 47.6 Å². The molecule has 3 rings (SSSR count). The number of halogens is 4. The van der Waals surface area contributed by atoms with Crippen molar-refractivity contribution in [1.82, 2.24) is 9.88 Å². The molecule has 1 aromatic heterocycles. The van der Waals surface area contributed by atoms with Crippen molar-refractivity contribution >= 4 is 29.2 Å². The highest BCUT2D eigenvalue weighted by molar-refractivity contribution is 6.31. The summed E-state index contributed by atoms with van der Waals surface area (Å²) in [5.74, 6) is -1.13. The Morgan fingerprint density at radius 2 is 2.00 bits per heavy atom. The van der Waals surface area contributed by atoms with Crippen LogP contribution in [0.4, 0.5) is 18.9 Å². The van der Waals surface area contributed by atoms with Gasteiger partial charge in [0.2, 0.25) is 5.88 Å². The van der Waals surface area contributed by atoms with Crippen LogP contribution in [-0.2, 0) is 20.5 Å². The first-order chi connectivity index (χ1) is 15.1. The Balaban J connectivity index is 1.75. The van der Waals surface area contributed by atoms with E-state index in [0.29, 0.717) is 18.0 Å². The van der Waals surface area contributed by atoms with Gasteiger partial charge in [0.05, 0.1) is 31.4 Å². The normalized spacial score (nSPS) is 14.1. The number of aliphatic hydroxyl groups excluding tert-OH is 1. The molecule has 0 atom stereocenters. The molecule has 2 aromatic rings. The van der Waals surface area contributed by atoms with E-state index in [0.717, 1.165) is 0 Å². The van der Waals surface area contributed by atoms with Crippen molar-refractivity contribution in [3.05, 3.63) is 58.4 Å². The fourth-order valence-electron chi connectivity index (χ4n) is 2.87. The first-order valence-electron chi connectivity index (χ1n) is 9.13. The summed E-state index contributed by atoms with van der Waals surface area (Å²) in [6, 6.07) is 6.71. The number of carbonyl (C=O) groups excluding carboxylic acids is 2. The molecule has 8 nitrogen and oxygen atoms in total. The topological polar surface area (TPSA) is 101 Å². The summed E-state index contributed by atoms with van der Waals surface area (Å²) in [6.07, 6.45) is -3.97. The maximum Gasteiger partial charge on any atom is 0.417 e. The van der Waals surface area contributed by atoms with Crippen LogP contribution in [0.15, 0.2) is 47.8 Å². The van der Waals surface area contributed by atoms with Crippen molar-refractivity contribution in [1.29, 1.82) is 0 Å². The summed E-state index contributed by atoms with van der Waals surface area (Å²) in [4.78, 5) is 29.4. The molecule has 1 amide bonds. The van der Waals surface area contributed by atoms with Gasteiger partial charge in [0.1, 0.15) is 16.5 Å². The number of hydrogen-bond acceptors (Lipinski definition) is 7. The van der Waals surface area contributed by atoms with Gasteiger partial charge in [-0.25, -0.2) is 9.78 Å². The van der Waals surface area contributed by atoms with Gasteiger partial charge < -0.3 is 24.8 Å². The molecule has 2 heterocycles. The van der Waals surface area contributed by atoms with Gasteiger partial charge in [0.25, 0.3) is 5.91 Å². The lowest BCUT2D eigenvalue weighted by Crippen LogP contribution is -2.31. The molecule has 0 spiro atoms. The van der Waals surface area contributed by atoms with Gasteiger partial charge >= 0.3 is 12.1 Å². The number of aliphatic hydroxyl groups is 1. The van der Waals surface area contributed by atoms with Crippen LogP contribution in [0.3, 0.4) is 0 Å². The van der Waals surface area contributed by atoms with Gasteiger partial charge in [0.15, 0.2) is 0 Å². The predicted octanol–water partition coefficient (Wildman–Crippen LogP) is 3.22. The standard InChI is InChI=1S/C20H17ClF3N3O5/c1-31-19(30)14-10-27(6-7-28)18(29)16(14)26-12-2-4-13(5-3-12)32-17-15(21)8-11(9-25-17)20(22,23)24/h2-5,8-9,26,28H,6-7,10H2,1H3. The van der Waals surface area contributed by atoms with Gasteiger partial charge in [-0.2, -0.15) is 13.2 Å². The minimum absolute atomic E-state index is 0.00627. The maximum absolute atomic E-state index is 12.7. The minimum atomic E-state index is -4.58. The van der Waals surface area contributed by atoms with Crippen LogP contribution in [-0.4, -0.2) is 53.7 Å². The van der Waals surface area contributed by atoms with Crippen molar-refractivity contribution in [3.63, 3.8) is 0 Å². The minimum Gasteiger partial charge on any atom is -0.466 e. The second-order valence-electron chi connectivity index (χ2n) is 6.56. The number of anilines is 1. The summed E-state index contributed by atoms with van der Waals surface area (Å²) in [7, 11) is 1.19. The average molecular weight is 472 g/mol. The van der Waals surface area contributed by atoms with E-state index < -0.39 is 23.6 Å². The molecule has 0 saturated carbocycles. The van der Waals surface area contributed by atoms with Crippen LogP contribution in [0.1, 0.15) is 5.56 Å². The molecule has 0 fully saturated rings. The summed E-state index contributed by atoms with van der Waals surface area (Å²) in [6.45, 7) is -0.216. The molecule has 32 heavy (non-hydrogen) atoms. The van der Waals surface area contributed by atoms with Gasteiger partial charge in [-0.3, -0.25) is 4.79 Å². The van der Waals surface area contributed by atoms with Crippen LogP contribution < -0.4 is 10.1 Å². The lowest BCUT2D eigenvalue weighted by Gasteiger charge is -2.15. The number of β-amino-alcohol motifs (C(OH)–C–C–N with tert-alkyl or cyclic N) is 1. The molecule has 0 radical (unpaired) electrons. The number of esters is 1. The predicted molar refractivity (Wildman–Crippen MR) is 107 cm³/mol. The summed E-state index contributed by atoms with van der Waals surface area (Å²) in [5.41, 5.74) is -0.432. The number of ether oxygens (including phenoxy) is 2. The third kappa shape index (κ3) is 5.11. The summed E-state index contributed by atoms with van der Waals surface area (Å²) >= 11 is 5.84. The lowest BCUT2D eigenvalue weighted by atomic mass is 10.2. The average Bonchev–Trinajstić information content (AvgIpc) is 3.05. The Morgan fingerprint density at radius 3 is 2.56 bits per heavy atom. The van der Waals surface area contributed by atoms with Crippen LogP contribution in [0.5, 0.6) is 11.6 Å². The zero-order chi connectivity index (χ0) is 23.5. The van der Waals surface area contributed by atoms with Crippen molar-refractivity contribution < 1.29 is 37.3 Å². The Morgan fingerprint density at radius 1 is 1.31 bits per heavy atom. The largest absolute Gasteiger partial charge is 0.466 e. The maximum atomic E-state index is 12.7. The third-order valence-corrected chi connectivity index (χ3v) is 4.70. The summed E-state index contributed by atoms with van der Waals surface area (Å²) in [5, 5.41) is 11.6. The van der Waals surface area contributed by atoms with E-state index in [4.69, 9.17) is 26.2 Å². The van der Waals surface area contributed by atoms with Gasteiger partial charge in [0, 0.05) is 18.4 Å². The number of amides is 1. The van der Waals surface area contributed by atoms with Gasteiger partial charge in [-0.1, -0.05) is 11.6 Å². The second kappa shape index (κ2) is 9.45. The Labute approximate surface area is 185 Å². The molecule has 0 aliphatic carbocycles. The molecule has 170 valence electrons. The first-order valence-corrected chi connectivity index (χ1v) is 9.51. The van der Waals surface area contributed by atoms with E-state index in [1.54, 1.807) is 0 Å². The van der Waals surface area contributed by atoms with Crippen LogP contribution in [0, 0.1) is 0 Å². The van der Waals surface area contributed by atoms with Crippen molar-refractivity contribution in [2.45, 2.75) is 6.18 Å². The number of carbonyl (C=O) groups is 2. The molecule has 1 aromatic carbocycles. The zero-order valence-electron chi connectivity index (χ0n) is 16.6. The molecule has 0 saturated heterocycles. The fourth-order valence-corrected chi connectivity index (χ4v) is 3.07. The molecule has 12 heteroatoms. The zero-order valence-corrected chi connectivity index (χ0v) is 17.3. The highest BCUT2D eigenvalue weighted by Gasteiger charge is 2.34. The molecular weight excluding hydrogens is 455 g/mol. The van der Waals surface area contributed by atoms with E-state index in [1.165, 1.54) is 36.3 Å². The molecule has 1 aliphatic rings. The Hall–Kier alpha value is -3.31. The SMILES string of the molecule is COC(=O)C1=C(Nc2ccc(Oc3ncc(C(F)(F)F)cc3Cl)cc2)C(=O)N(CCO)C1. The van der Waals surface area contributed by atoms with E-state index in [9.17, 15) is 22.8 Å². The highest BCUT2D eigenvalue weighted by Crippen LogP contribution is 2.35. The second-order valence-corrected chi connectivity index (χ2v) is 6.96. The number of hydrogen-bond donors (Lipinski definition) is 2. The smallest absolute Gasteiger partial charge is 0.417 e. The number of alkyl halides is 3. The quantitative estimate of drug-likeness (QED) is 0.598. The molecule has 1 aliphatic heterocycles. The molecule has 2 N–H and O–H groups in total. The number of nitrogens with zero attached hydrogens (tertiary/aromatic N) is 2. The van der Waals surface area contributed by atoms with Gasteiger partial charge in [-0.05, 0) is 30.3 Å². The van der Waals surface area contributed by atoms with E-state index in [1.807, 2.05) is 0 Å². The lowest BCUT2D eigenvalue weighted by molar-refractivity contribution is -0.138. The number of nitrogens with one attached hydrogen (secondary N) is 1. The number of pyridine rings is 1. The molecular formula is C20H17ClF3N3O5.